The fourth-order valence-corrected chi connectivity index (χ4v) is 7.07. The number of unbranched alkanes of at least 4 members (excludes halogenated alkanes) is 8. The average Bonchev–Trinajstić information content (AvgIpc) is 3.31. The summed E-state index contributed by atoms with van der Waals surface area (Å²) >= 11 is 0. The number of rotatable bonds is 45. The van der Waals surface area contributed by atoms with Crippen LogP contribution in [0.1, 0.15) is 162 Å². The number of hydrogen-bond donors (Lipinski definition) is 2. The second-order valence-corrected chi connectivity index (χ2v) is 19.5. The van der Waals surface area contributed by atoms with Crippen LogP contribution in [-0.4, -0.2) is 68.5 Å². The summed E-state index contributed by atoms with van der Waals surface area (Å²) in [4.78, 5) is 25.3. The Kier molecular flexibility index (Phi) is 46.4. The molecule has 0 aromatic carbocycles. The Morgan fingerprint density at radius 2 is 0.899 bits per heavy atom. The van der Waals surface area contributed by atoms with Crippen molar-refractivity contribution in [2.24, 2.45) is 0 Å². The highest BCUT2D eigenvalue weighted by Crippen LogP contribution is 2.38. The van der Waals surface area contributed by atoms with Gasteiger partial charge in [-0.1, -0.05) is 198 Å². The van der Waals surface area contributed by atoms with Crippen LogP contribution >= 0.6 is 7.82 Å². The lowest BCUT2D eigenvalue weighted by Crippen LogP contribution is -2.45. The normalized spacial score (nSPS) is 15.3. The highest BCUT2D eigenvalue weighted by molar-refractivity contribution is 7.45. The van der Waals surface area contributed by atoms with Crippen molar-refractivity contribution in [3.05, 3.63) is 158 Å². The van der Waals surface area contributed by atoms with Gasteiger partial charge in [0.2, 0.25) is 5.91 Å². The third kappa shape index (κ3) is 51.8. The zero-order chi connectivity index (χ0) is 50.6. The lowest BCUT2D eigenvalue weighted by Gasteiger charge is -2.29. The molecular formula is C60H97N2O6P. The monoisotopic (exact) mass is 973 g/mol. The Labute approximate surface area is 422 Å². The van der Waals surface area contributed by atoms with Crippen molar-refractivity contribution in [2.45, 2.75) is 174 Å². The number of nitrogens with one attached hydrogen (secondary N) is 1. The van der Waals surface area contributed by atoms with Gasteiger partial charge in [-0.2, -0.15) is 0 Å². The highest BCUT2D eigenvalue weighted by atomic mass is 31.2. The Bertz CT molecular complexity index is 1670. The minimum Gasteiger partial charge on any atom is -0.756 e. The minimum atomic E-state index is -4.62. The second-order valence-electron chi connectivity index (χ2n) is 18.1. The smallest absolute Gasteiger partial charge is 0.268 e. The zero-order valence-electron chi connectivity index (χ0n) is 43.9. The van der Waals surface area contributed by atoms with Gasteiger partial charge in [0, 0.05) is 6.42 Å². The summed E-state index contributed by atoms with van der Waals surface area (Å²) in [5.41, 5.74) is 0. The number of phosphoric acid groups is 1. The van der Waals surface area contributed by atoms with Gasteiger partial charge in [-0.25, -0.2) is 0 Å². The van der Waals surface area contributed by atoms with Crippen molar-refractivity contribution in [1.82, 2.24) is 5.32 Å². The zero-order valence-corrected chi connectivity index (χ0v) is 44.8. The molecule has 0 rings (SSSR count). The maximum Gasteiger partial charge on any atom is 0.268 e. The molecule has 69 heavy (non-hydrogen) atoms. The van der Waals surface area contributed by atoms with Crippen LogP contribution in [0.15, 0.2) is 158 Å². The van der Waals surface area contributed by atoms with Crippen molar-refractivity contribution in [3.8, 4) is 0 Å². The van der Waals surface area contributed by atoms with Crippen LogP contribution < -0.4 is 10.2 Å². The van der Waals surface area contributed by atoms with E-state index in [0.29, 0.717) is 17.4 Å². The van der Waals surface area contributed by atoms with Crippen LogP contribution in [0.4, 0.5) is 0 Å². The molecular weight excluding hydrogens is 876 g/mol. The van der Waals surface area contributed by atoms with E-state index in [-0.39, 0.29) is 18.9 Å². The molecule has 0 aliphatic carbocycles. The summed E-state index contributed by atoms with van der Waals surface area (Å²) in [5, 5.41) is 13.7. The predicted octanol–water partition coefficient (Wildman–Crippen LogP) is 15.3. The van der Waals surface area contributed by atoms with Crippen molar-refractivity contribution < 1.29 is 32.9 Å². The van der Waals surface area contributed by atoms with Gasteiger partial charge >= 0.3 is 0 Å². The van der Waals surface area contributed by atoms with Gasteiger partial charge in [-0.3, -0.25) is 9.36 Å². The van der Waals surface area contributed by atoms with Crippen LogP contribution in [0.2, 0.25) is 0 Å². The Balaban J connectivity index is 4.25. The first-order chi connectivity index (χ1) is 33.5. The van der Waals surface area contributed by atoms with Crippen molar-refractivity contribution in [1.29, 1.82) is 0 Å². The first-order valence-corrected chi connectivity index (χ1v) is 27.8. The van der Waals surface area contributed by atoms with Crippen LogP contribution in [-0.2, 0) is 18.4 Å². The first-order valence-electron chi connectivity index (χ1n) is 26.3. The first kappa shape index (κ1) is 65.1. The van der Waals surface area contributed by atoms with Crippen molar-refractivity contribution in [2.75, 3.05) is 40.9 Å². The molecule has 0 spiro atoms. The van der Waals surface area contributed by atoms with Crippen molar-refractivity contribution >= 4 is 13.7 Å². The molecule has 3 atom stereocenters. The topological polar surface area (TPSA) is 108 Å². The van der Waals surface area contributed by atoms with E-state index in [4.69, 9.17) is 9.05 Å². The number of hydrogen-bond acceptors (Lipinski definition) is 6. The number of quaternary nitrogens is 1. The lowest BCUT2D eigenvalue weighted by molar-refractivity contribution is -0.870. The molecule has 0 bridgehead atoms. The molecule has 0 aliphatic rings. The number of allylic oxidation sites excluding steroid dienone is 25. The fraction of sp³-hybridized carbons (Fsp3) is 0.550. The number of carbonyl (C=O) groups is 1. The molecule has 2 N–H and O–H groups in total. The largest absolute Gasteiger partial charge is 0.756 e. The molecule has 1 amide bonds. The fourth-order valence-electron chi connectivity index (χ4n) is 6.35. The van der Waals surface area contributed by atoms with Gasteiger partial charge in [-0.05, 0) is 116 Å². The number of aliphatic hydroxyl groups is 1. The molecule has 3 unspecified atom stereocenters. The Hall–Kier alpha value is -3.88. The molecule has 0 heterocycles. The number of phosphoric ester groups is 1. The maximum absolute atomic E-state index is 12.9. The predicted molar refractivity (Wildman–Crippen MR) is 297 cm³/mol. The number of carbonyl (C=O) groups excluding carboxylic acids is 1. The van der Waals surface area contributed by atoms with E-state index in [1.54, 1.807) is 6.08 Å². The van der Waals surface area contributed by atoms with Crippen molar-refractivity contribution in [3.63, 3.8) is 0 Å². The van der Waals surface area contributed by atoms with Gasteiger partial charge in [0.1, 0.15) is 13.2 Å². The van der Waals surface area contributed by atoms with E-state index in [2.05, 4.69) is 165 Å². The van der Waals surface area contributed by atoms with Gasteiger partial charge in [-0.15, -0.1) is 0 Å². The van der Waals surface area contributed by atoms with E-state index < -0.39 is 26.6 Å². The average molecular weight is 973 g/mol. The summed E-state index contributed by atoms with van der Waals surface area (Å²) in [7, 11) is 1.19. The minimum absolute atomic E-state index is 0.0226. The van der Waals surface area contributed by atoms with Crippen LogP contribution in [0.25, 0.3) is 0 Å². The summed E-state index contributed by atoms with van der Waals surface area (Å²) in [5.74, 6) is -0.250. The Morgan fingerprint density at radius 1 is 0.522 bits per heavy atom. The van der Waals surface area contributed by atoms with Gasteiger partial charge < -0.3 is 28.8 Å². The van der Waals surface area contributed by atoms with E-state index >= 15 is 0 Å². The maximum atomic E-state index is 12.9. The van der Waals surface area contributed by atoms with Crippen LogP contribution in [0, 0.1) is 0 Å². The quantitative estimate of drug-likeness (QED) is 0.0272. The lowest BCUT2D eigenvalue weighted by atomic mass is 10.1. The summed E-state index contributed by atoms with van der Waals surface area (Å²) in [6, 6.07) is -0.931. The second kappa shape index (κ2) is 49.1. The van der Waals surface area contributed by atoms with Crippen LogP contribution in [0.3, 0.4) is 0 Å². The summed E-state index contributed by atoms with van der Waals surface area (Å²) < 4.78 is 23.1. The van der Waals surface area contributed by atoms with E-state index in [0.717, 1.165) is 109 Å². The van der Waals surface area contributed by atoms with Crippen LogP contribution in [0.5, 0.6) is 0 Å². The molecule has 0 saturated carbocycles. The van der Waals surface area contributed by atoms with E-state index in [9.17, 15) is 19.4 Å². The van der Waals surface area contributed by atoms with Gasteiger partial charge in [0.25, 0.3) is 7.82 Å². The highest BCUT2D eigenvalue weighted by Gasteiger charge is 2.23. The third-order valence-corrected chi connectivity index (χ3v) is 11.4. The van der Waals surface area contributed by atoms with E-state index in [1.807, 2.05) is 27.2 Å². The molecule has 0 saturated heterocycles. The summed E-state index contributed by atoms with van der Waals surface area (Å²) in [6.45, 7) is 4.40. The molecule has 0 aromatic rings. The molecule has 388 valence electrons. The number of nitrogens with zero attached hydrogens (tertiary/aromatic N) is 1. The molecule has 0 aromatic heterocycles. The number of likely N-dealkylation sites (N-methyl/N-ethyl adjacent to an activating group) is 1. The standard InChI is InChI=1S/C60H97N2O6P/c1-6-8-10-12-14-16-18-19-20-21-22-23-24-25-26-27-28-29-30-31-32-33-34-35-36-37-38-39-40-41-42-43-44-46-48-50-52-54-60(64)61-58(57-68-69(65,66)67-56-55-62(3,4)5)59(63)53-51-49-47-45-17-15-13-11-9-7-2/h8,10,14,16-17,19-20,22-23,25-26,28-29,31-32,34-35,37-38,40-41,43-45,51,53,58-59,63H,6-7,9,11-13,15,18,21,24,27,30,33,36,39,42,46-50,52,54-57H2,1-5H3,(H-,61,64,65,66)/b10-8-,16-14-,20-19-,23-22-,26-25-,29-28-,32-31-,35-34-,38-37-,41-40-,44-43-,45-17+,53-51+. The molecule has 9 heteroatoms. The van der Waals surface area contributed by atoms with E-state index in [1.165, 1.54) is 25.7 Å². The summed E-state index contributed by atoms with van der Waals surface area (Å²) in [6.07, 6.45) is 77.6. The van der Waals surface area contributed by atoms with Gasteiger partial charge in [0.15, 0.2) is 0 Å². The third-order valence-electron chi connectivity index (χ3n) is 10.5. The number of amides is 1. The Morgan fingerprint density at radius 3 is 1.32 bits per heavy atom. The molecule has 0 radical (unpaired) electrons. The molecule has 8 nitrogen and oxygen atoms in total. The van der Waals surface area contributed by atoms with Gasteiger partial charge in [0.05, 0.1) is 39.9 Å². The SMILES string of the molecule is CC/C=C\C/C=C\C/C=C\C/C=C\C/C=C\C/C=C\C/C=C\C/C=C\C/C=C\C/C=C\C/C=C\CCCCCC(=O)NC(COP(=O)([O-])OCC[N+](C)(C)C)C(O)/C=C/CC/C=C/CCCCCC. The molecule has 0 fully saturated rings. The molecule has 0 aliphatic heterocycles. The number of aliphatic hydroxyl groups excluding tert-OH is 1.